The van der Waals surface area contributed by atoms with E-state index in [1.54, 1.807) is 11.3 Å². The van der Waals surface area contributed by atoms with Crippen molar-refractivity contribution in [2.75, 3.05) is 0 Å². The van der Waals surface area contributed by atoms with Gasteiger partial charge in [-0.2, -0.15) is 11.3 Å². The van der Waals surface area contributed by atoms with Crippen LogP contribution < -0.4 is 0 Å². The van der Waals surface area contributed by atoms with Crippen LogP contribution in [0.15, 0.2) is 35.0 Å². The van der Waals surface area contributed by atoms with Gasteiger partial charge in [0, 0.05) is 0 Å². The first-order valence-electron chi connectivity index (χ1n) is 6.73. The van der Waals surface area contributed by atoms with Gasteiger partial charge in [-0.25, -0.2) is 0 Å². The highest BCUT2D eigenvalue weighted by atomic mass is 35.5. The Morgan fingerprint density at radius 3 is 2.26 bits per heavy atom. The molecular formula is C17H21ClS. The molecule has 0 saturated carbocycles. The van der Waals surface area contributed by atoms with E-state index in [2.05, 4.69) is 62.7 Å². The van der Waals surface area contributed by atoms with Crippen LogP contribution in [-0.2, 0) is 5.41 Å². The monoisotopic (exact) mass is 292 g/mol. The third-order valence-corrected chi connectivity index (χ3v) is 5.40. The Balaban J connectivity index is 2.26. The number of alkyl halides is 1. The Bertz CT molecular complexity index is 537. The highest BCUT2D eigenvalue weighted by Gasteiger charge is 2.19. The smallest absolute Gasteiger partial charge is 0.0846 e. The molecule has 2 aromatic rings. The molecule has 2 heteroatoms. The lowest BCUT2D eigenvalue weighted by Gasteiger charge is -2.23. The van der Waals surface area contributed by atoms with Gasteiger partial charge in [-0.1, -0.05) is 45.0 Å². The van der Waals surface area contributed by atoms with Crippen molar-refractivity contribution >= 4 is 22.9 Å². The minimum atomic E-state index is -0.0370. The number of rotatable bonds is 4. The van der Waals surface area contributed by atoms with Gasteiger partial charge in [0.15, 0.2) is 0 Å². The summed E-state index contributed by atoms with van der Waals surface area (Å²) in [4.78, 5) is 0. The average molecular weight is 293 g/mol. The van der Waals surface area contributed by atoms with Crippen molar-refractivity contribution in [3.05, 3.63) is 57.3 Å². The van der Waals surface area contributed by atoms with Crippen molar-refractivity contribution in [3.8, 4) is 0 Å². The zero-order chi connectivity index (χ0) is 14.0. The molecule has 0 bridgehead atoms. The second-order valence-electron chi connectivity index (χ2n) is 5.73. The zero-order valence-corrected chi connectivity index (χ0v) is 13.6. The van der Waals surface area contributed by atoms with Crippen molar-refractivity contribution in [2.45, 2.75) is 44.9 Å². The van der Waals surface area contributed by atoms with Gasteiger partial charge < -0.3 is 0 Å². The third-order valence-electron chi connectivity index (χ3n) is 4.04. The quantitative estimate of drug-likeness (QED) is 0.600. The lowest BCUT2D eigenvalue weighted by molar-refractivity contribution is 0.506. The predicted octanol–water partition coefficient (Wildman–Crippen LogP) is 6.07. The number of thiophene rings is 1. The number of aryl methyl sites for hydroxylation is 1. The van der Waals surface area contributed by atoms with Crippen LogP contribution in [-0.4, -0.2) is 0 Å². The first-order chi connectivity index (χ1) is 8.95. The molecule has 0 aliphatic rings. The molecule has 1 aromatic heterocycles. The molecule has 0 nitrogen and oxygen atoms in total. The summed E-state index contributed by atoms with van der Waals surface area (Å²) < 4.78 is 0. The van der Waals surface area contributed by atoms with Crippen LogP contribution in [0.4, 0.5) is 0 Å². The largest absolute Gasteiger partial charge is 0.152 e. The topological polar surface area (TPSA) is 0 Å². The Morgan fingerprint density at radius 2 is 1.79 bits per heavy atom. The number of hydrogen-bond donors (Lipinski definition) is 0. The molecule has 0 aliphatic heterocycles. The fraction of sp³-hybridized carbons (Fsp3) is 0.412. The van der Waals surface area contributed by atoms with Crippen LogP contribution in [0.1, 0.15) is 54.8 Å². The maximum absolute atomic E-state index is 6.59. The molecule has 0 spiro atoms. The Hall–Kier alpha value is -0.790. The summed E-state index contributed by atoms with van der Waals surface area (Å²) in [5, 5.41) is 4.26. The van der Waals surface area contributed by atoms with Gasteiger partial charge in [0.25, 0.3) is 0 Å². The van der Waals surface area contributed by atoms with E-state index in [0.717, 1.165) is 6.42 Å². The van der Waals surface area contributed by atoms with Crippen molar-refractivity contribution in [2.24, 2.45) is 0 Å². The SMILES string of the molecule is CCC(C)(C)c1ccc(C(Cl)c2cscc2C)cc1. The van der Waals surface area contributed by atoms with Gasteiger partial charge in [0.1, 0.15) is 0 Å². The van der Waals surface area contributed by atoms with Gasteiger partial charge in [0.05, 0.1) is 5.38 Å². The summed E-state index contributed by atoms with van der Waals surface area (Å²) in [6.45, 7) is 8.91. The maximum Gasteiger partial charge on any atom is 0.0846 e. The predicted molar refractivity (Wildman–Crippen MR) is 86.5 cm³/mol. The van der Waals surface area contributed by atoms with Crippen molar-refractivity contribution < 1.29 is 0 Å². The van der Waals surface area contributed by atoms with Crippen molar-refractivity contribution in [3.63, 3.8) is 0 Å². The highest BCUT2D eigenvalue weighted by molar-refractivity contribution is 7.08. The summed E-state index contributed by atoms with van der Waals surface area (Å²) in [5.74, 6) is 0. The number of benzene rings is 1. The molecule has 0 N–H and O–H groups in total. The molecule has 0 radical (unpaired) electrons. The summed E-state index contributed by atoms with van der Waals surface area (Å²) in [5.41, 5.74) is 5.30. The van der Waals surface area contributed by atoms with Gasteiger partial charge in [0.2, 0.25) is 0 Å². The molecule has 0 saturated heterocycles. The first-order valence-corrected chi connectivity index (χ1v) is 8.11. The van der Waals surface area contributed by atoms with Crippen LogP contribution >= 0.6 is 22.9 Å². The fourth-order valence-electron chi connectivity index (χ4n) is 2.12. The summed E-state index contributed by atoms with van der Waals surface area (Å²) >= 11 is 8.30. The molecule has 0 amide bonds. The molecule has 102 valence electrons. The molecule has 1 aromatic carbocycles. The van der Waals surface area contributed by atoms with Crippen LogP contribution in [0.25, 0.3) is 0 Å². The number of hydrogen-bond acceptors (Lipinski definition) is 1. The van der Waals surface area contributed by atoms with Crippen molar-refractivity contribution in [1.82, 2.24) is 0 Å². The van der Waals surface area contributed by atoms with Gasteiger partial charge in [-0.3, -0.25) is 0 Å². The van der Waals surface area contributed by atoms with Crippen molar-refractivity contribution in [1.29, 1.82) is 0 Å². The minimum Gasteiger partial charge on any atom is -0.152 e. The van der Waals surface area contributed by atoms with E-state index >= 15 is 0 Å². The van der Waals surface area contributed by atoms with E-state index in [0.29, 0.717) is 0 Å². The summed E-state index contributed by atoms with van der Waals surface area (Å²) in [7, 11) is 0. The lowest BCUT2D eigenvalue weighted by Crippen LogP contribution is -2.15. The van der Waals surface area contributed by atoms with Gasteiger partial charge in [-0.05, 0) is 51.8 Å². The summed E-state index contributed by atoms with van der Waals surface area (Å²) in [6.07, 6.45) is 1.14. The molecule has 1 atom stereocenters. The Morgan fingerprint density at radius 1 is 1.16 bits per heavy atom. The second-order valence-corrected chi connectivity index (χ2v) is 6.91. The van der Waals surface area contributed by atoms with Gasteiger partial charge >= 0.3 is 0 Å². The normalized spacial score (nSPS) is 13.5. The van der Waals surface area contributed by atoms with E-state index in [1.807, 2.05) is 0 Å². The molecule has 0 aliphatic carbocycles. The fourth-order valence-corrected chi connectivity index (χ4v) is 3.45. The van der Waals surface area contributed by atoms with E-state index in [4.69, 9.17) is 11.6 Å². The third kappa shape index (κ3) is 3.04. The Labute approximate surface area is 125 Å². The molecule has 19 heavy (non-hydrogen) atoms. The second kappa shape index (κ2) is 5.68. The van der Waals surface area contributed by atoms with Crippen LogP contribution in [0, 0.1) is 6.92 Å². The molecule has 2 rings (SSSR count). The molecular weight excluding hydrogens is 272 g/mol. The van der Waals surface area contributed by atoms with E-state index < -0.39 is 0 Å². The highest BCUT2D eigenvalue weighted by Crippen LogP contribution is 2.34. The number of halogens is 1. The van der Waals surface area contributed by atoms with E-state index in [-0.39, 0.29) is 10.8 Å². The minimum absolute atomic E-state index is 0.0370. The molecule has 0 fully saturated rings. The summed E-state index contributed by atoms with van der Waals surface area (Å²) in [6, 6.07) is 8.77. The molecule has 1 heterocycles. The van der Waals surface area contributed by atoms with Gasteiger partial charge in [-0.15, -0.1) is 11.6 Å². The lowest BCUT2D eigenvalue weighted by atomic mass is 9.82. The zero-order valence-electron chi connectivity index (χ0n) is 12.0. The van der Waals surface area contributed by atoms with E-state index in [9.17, 15) is 0 Å². The average Bonchev–Trinajstić information content (AvgIpc) is 2.84. The van der Waals surface area contributed by atoms with Crippen LogP contribution in [0.5, 0.6) is 0 Å². The van der Waals surface area contributed by atoms with E-state index in [1.165, 1.54) is 22.3 Å². The standard InChI is InChI=1S/C17H21ClS/c1-5-17(3,4)14-8-6-13(7-9-14)16(18)15-11-19-10-12(15)2/h6-11,16H,5H2,1-4H3. The van der Waals surface area contributed by atoms with Crippen LogP contribution in [0.3, 0.4) is 0 Å². The van der Waals surface area contributed by atoms with Crippen LogP contribution in [0.2, 0.25) is 0 Å². The maximum atomic E-state index is 6.59. The first kappa shape index (κ1) is 14.6. The Kier molecular flexibility index (Phi) is 4.37. The molecule has 1 unspecified atom stereocenters.